The molecule has 2 unspecified atom stereocenters. The average Bonchev–Trinajstić information content (AvgIpc) is 3.13. The fourth-order valence-corrected chi connectivity index (χ4v) is 4.92. The Morgan fingerprint density at radius 3 is 2.70 bits per heavy atom. The molecule has 3 rings (SSSR count). The third kappa shape index (κ3) is 3.59. The van der Waals surface area contributed by atoms with Gasteiger partial charge in [0.15, 0.2) is 0 Å². The van der Waals surface area contributed by atoms with Crippen LogP contribution in [0, 0.1) is 0 Å². The number of likely N-dealkylation sites (tertiary alicyclic amines) is 1. The number of hydrogen-bond donors (Lipinski definition) is 1. The molecule has 1 N–H and O–H groups in total. The van der Waals surface area contributed by atoms with Crippen molar-refractivity contribution in [3.8, 4) is 0 Å². The molecule has 2 aromatic rings. The molecule has 2 atom stereocenters. The summed E-state index contributed by atoms with van der Waals surface area (Å²) in [6, 6.07) is 8.92. The maximum absolute atomic E-state index is 11.6. The second kappa shape index (κ2) is 7.11. The monoisotopic (exact) mass is 433 g/mol. The Hall–Kier alpha value is -0.590. The average molecular weight is 435 g/mol. The van der Waals surface area contributed by atoms with Gasteiger partial charge in [-0.25, -0.2) is 0 Å². The molecule has 2 heterocycles. The van der Waals surface area contributed by atoms with Gasteiger partial charge in [0.25, 0.3) is 0 Å². The summed E-state index contributed by atoms with van der Waals surface area (Å²) in [4.78, 5) is 14.7. The van der Waals surface area contributed by atoms with E-state index in [-0.39, 0.29) is 6.04 Å². The third-order valence-electron chi connectivity index (χ3n) is 4.03. The molecule has 122 valence electrons. The van der Waals surface area contributed by atoms with Gasteiger partial charge in [-0.1, -0.05) is 29.3 Å². The topological polar surface area (TPSA) is 40.5 Å². The number of carbonyl (C=O) groups is 1. The van der Waals surface area contributed by atoms with Crippen LogP contribution in [0.2, 0.25) is 10.0 Å². The Kier molecular flexibility index (Phi) is 5.33. The second-order valence-corrected chi connectivity index (χ2v) is 8.76. The molecule has 0 bridgehead atoms. The van der Waals surface area contributed by atoms with Crippen LogP contribution in [-0.4, -0.2) is 28.6 Å². The van der Waals surface area contributed by atoms with E-state index in [9.17, 15) is 9.90 Å². The molecule has 23 heavy (non-hydrogen) atoms. The van der Waals surface area contributed by atoms with Gasteiger partial charge >= 0.3 is 5.97 Å². The quantitative estimate of drug-likeness (QED) is 0.694. The summed E-state index contributed by atoms with van der Waals surface area (Å²) in [6.07, 6.45) is 1.54. The summed E-state index contributed by atoms with van der Waals surface area (Å²) in [7, 11) is 0. The highest BCUT2D eigenvalue weighted by atomic mass is 79.9. The van der Waals surface area contributed by atoms with Crippen LogP contribution in [0.5, 0.6) is 0 Å². The van der Waals surface area contributed by atoms with Crippen LogP contribution < -0.4 is 0 Å². The van der Waals surface area contributed by atoms with Gasteiger partial charge in [0.05, 0.1) is 19.9 Å². The van der Waals surface area contributed by atoms with Gasteiger partial charge in [-0.2, -0.15) is 0 Å². The summed E-state index contributed by atoms with van der Waals surface area (Å²) in [5.41, 5.74) is 0.960. The van der Waals surface area contributed by atoms with Crippen LogP contribution >= 0.6 is 50.5 Å². The first kappa shape index (κ1) is 17.2. The molecule has 1 aromatic carbocycles. The van der Waals surface area contributed by atoms with Crippen molar-refractivity contribution in [2.45, 2.75) is 24.9 Å². The largest absolute Gasteiger partial charge is 0.480 e. The predicted molar refractivity (Wildman–Crippen MR) is 97.7 cm³/mol. The normalized spacial score (nSPS) is 19.9. The fraction of sp³-hybridized carbons (Fsp3) is 0.312. The maximum atomic E-state index is 11.6. The molecule has 0 saturated carbocycles. The standard InChI is InChI=1S/C16H14BrCl2NO2S/c17-14-6-5-13(23-14)15(9-3-4-10(18)11(19)8-9)20-7-1-2-12(20)16(21)22/h3-6,8,12,15H,1-2,7H2,(H,21,22). The van der Waals surface area contributed by atoms with E-state index in [1.807, 2.05) is 29.2 Å². The first-order valence-electron chi connectivity index (χ1n) is 7.16. The maximum Gasteiger partial charge on any atom is 0.320 e. The number of carboxylic acid groups (broad SMARTS) is 1. The number of rotatable bonds is 4. The lowest BCUT2D eigenvalue weighted by Gasteiger charge is -2.31. The van der Waals surface area contributed by atoms with Crippen LogP contribution in [-0.2, 0) is 4.79 Å². The zero-order valence-electron chi connectivity index (χ0n) is 12.0. The number of carboxylic acids is 1. The molecular weight excluding hydrogens is 421 g/mol. The van der Waals surface area contributed by atoms with Gasteiger partial charge in [-0.3, -0.25) is 9.69 Å². The predicted octanol–water partition coefficient (Wildman–Crippen LogP) is 5.46. The van der Waals surface area contributed by atoms with E-state index in [1.54, 1.807) is 17.4 Å². The van der Waals surface area contributed by atoms with Crippen LogP contribution in [0.1, 0.15) is 29.3 Å². The van der Waals surface area contributed by atoms with Crippen molar-refractivity contribution in [2.75, 3.05) is 6.54 Å². The van der Waals surface area contributed by atoms with Crippen molar-refractivity contribution in [3.05, 3.63) is 54.6 Å². The molecule has 1 aliphatic rings. The number of benzene rings is 1. The molecule has 1 fully saturated rings. The molecule has 0 spiro atoms. The third-order valence-corrected chi connectivity index (χ3v) is 6.45. The number of aliphatic carboxylic acids is 1. The van der Waals surface area contributed by atoms with Gasteiger partial charge in [-0.15, -0.1) is 11.3 Å². The Labute approximate surface area is 157 Å². The molecule has 1 aromatic heterocycles. The first-order chi connectivity index (χ1) is 11.0. The van der Waals surface area contributed by atoms with Crippen LogP contribution in [0.25, 0.3) is 0 Å². The number of thiophene rings is 1. The fourth-order valence-electron chi connectivity index (χ4n) is 3.04. The first-order valence-corrected chi connectivity index (χ1v) is 9.52. The molecule has 0 aliphatic carbocycles. The van der Waals surface area contributed by atoms with E-state index < -0.39 is 12.0 Å². The number of hydrogen-bond acceptors (Lipinski definition) is 3. The summed E-state index contributed by atoms with van der Waals surface area (Å²) in [5.74, 6) is -0.775. The zero-order valence-corrected chi connectivity index (χ0v) is 15.9. The van der Waals surface area contributed by atoms with Crippen molar-refractivity contribution >= 4 is 56.4 Å². The Morgan fingerprint density at radius 2 is 2.09 bits per heavy atom. The van der Waals surface area contributed by atoms with Crippen LogP contribution in [0.4, 0.5) is 0 Å². The Morgan fingerprint density at radius 1 is 1.30 bits per heavy atom. The van der Waals surface area contributed by atoms with Gasteiger partial charge < -0.3 is 5.11 Å². The minimum Gasteiger partial charge on any atom is -0.480 e. The Balaban J connectivity index is 2.06. The molecular formula is C16H14BrCl2NO2S. The minimum atomic E-state index is -0.775. The molecule has 0 radical (unpaired) electrons. The molecule has 0 amide bonds. The molecule has 1 aliphatic heterocycles. The van der Waals surface area contributed by atoms with Crippen molar-refractivity contribution < 1.29 is 9.90 Å². The van der Waals surface area contributed by atoms with Crippen molar-refractivity contribution in [1.82, 2.24) is 4.90 Å². The van der Waals surface area contributed by atoms with E-state index in [2.05, 4.69) is 15.9 Å². The van der Waals surface area contributed by atoms with E-state index in [0.717, 1.165) is 27.2 Å². The zero-order chi connectivity index (χ0) is 16.6. The van der Waals surface area contributed by atoms with E-state index in [1.165, 1.54) is 0 Å². The SMILES string of the molecule is O=C(O)C1CCCN1C(c1ccc(Cl)c(Cl)c1)c1ccc(Br)s1. The lowest BCUT2D eigenvalue weighted by molar-refractivity contribution is -0.142. The molecule has 1 saturated heterocycles. The van der Waals surface area contributed by atoms with E-state index in [4.69, 9.17) is 23.2 Å². The highest BCUT2D eigenvalue weighted by Gasteiger charge is 2.37. The van der Waals surface area contributed by atoms with E-state index >= 15 is 0 Å². The second-order valence-electron chi connectivity index (χ2n) is 5.45. The van der Waals surface area contributed by atoms with Gasteiger partial charge in [-0.05, 0) is 58.6 Å². The number of halogens is 3. The lowest BCUT2D eigenvalue weighted by atomic mass is 10.0. The van der Waals surface area contributed by atoms with Gasteiger partial charge in [0.1, 0.15) is 6.04 Å². The highest BCUT2D eigenvalue weighted by Crippen LogP contribution is 2.40. The van der Waals surface area contributed by atoms with Crippen molar-refractivity contribution in [1.29, 1.82) is 0 Å². The van der Waals surface area contributed by atoms with E-state index in [0.29, 0.717) is 16.5 Å². The highest BCUT2D eigenvalue weighted by molar-refractivity contribution is 9.11. The van der Waals surface area contributed by atoms with Crippen LogP contribution in [0.3, 0.4) is 0 Å². The summed E-state index contributed by atoms with van der Waals surface area (Å²) in [5, 5.41) is 10.5. The Bertz CT molecular complexity index is 737. The minimum absolute atomic E-state index is 0.135. The smallest absolute Gasteiger partial charge is 0.320 e. The van der Waals surface area contributed by atoms with Gasteiger partial charge in [0.2, 0.25) is 0 Å². The molecule has 3 nitrogen and oxygen atoms in total. The summed E-state index contributed by atoms with van der Waals surface area (Å²) < 4.78 is 1.02. The number of nitrogens with zero attached hydrogens (tertiary/aromatic N) is 1. The van der Waals surface area contributed by atoms with Crippen LogP contribution in [0.15, 0.2) is 34.1 Å². The molecule has 7 heteroatoms. The van der Waals surface area contributed by atoms with Crippen molar-refractivity contribution in [3.63, 3.8) is 0 Å². The summed E-state index contributed by atoms with van der Waals surface area (Å²) >= 11 is 17.3. The van der Waals surface area contributed by atoms with Gasteiger partial charge in [0, 0.05) is 11.4 Å². The summed E-state index contributed by atoms with van der Waals surface area (Å²) in [6.45, 7) is 0.747. The van der Waals surface area contributed by atoms with Crippen molar-refractivity contribution in [2.24, 2.45) is 0 Å². The lowest BCUT2D eigenvalue weighted by Crippen LogP contribution is -2.39.